The van der Waals surface area contributed by atoms with Crippen molar-refractivity contribution < 1.29 is 0 Å². The van der Waals surface area contributed by atoms with Crippen molar-refractivity contribution in [2.45, 2.75) is 0 Å². The van der Waals surface area contributed by atoms with Gasteiger partial charge in [0.25, 0.3) is 0 Å². The van der Waals surface area contributed by atoms with Crippen LogP contribution in [0.15, 0.2) is 24.3 Å². The minimum atomic E-state index is -1.01. The summed E-state index contributed by atoms with van der Waals surface area (Å²) in [6.45, 7) is 0. The van der Waals surface area contributed by atoms with Crippen molar-refractivity contribution in [2.24, 2.45) is 0 Å². The lowest BCUT2D eigenvalue weighted by molar-refractivity contribution is 1.50. The third-order valence-electron chi connectivity index (χ3n) is 1.53. The van der Waals surface area contributed by atoms with Crippen LogP contribution in [0.25, 0.3) is 0 Å². The van der Waals surface area contributed by atoms with Crippen LogP contribution in [0.4, 0.5) is 5.69 Å². The molecular formula is C10H14IN. The number of rotatable bonds is 2. The summed E-state index contributed by atoms with van der Waals surface area (Å²) in [6, 6.07) is 8.32. The minimum Gasteiger partial charge on any atom is -0.388 e. The van der Waals surface area contributed by atoms with Crippen molar-refractivity contribution in [3.05, 3.63) is 29.8 Å². The molecule has 0 aliphatic carbocycles. The molecule has 0 unspecified atom stereocenters. The first-order valence-corrected chi connectivity index (χ1v) is 8.66. The summed E-state index contributed by atoms with van der Waals surface area (Å²) >= 11 is -1.01. The molecule has 0 saturated carbocycles. The zero-order valence-corrected chi connectivity index (χ0v) is 9.63. The highest BCUT2D eigenvalue weighted by molar-refractivity contribution is 14.2. The average Bonchev–Trinajstić information content (AvgIpc) is 2.04. The summed E-state index contributed by atoms with van der Waals surface area (Å²) in [7, 11) is 1.95. The average molecular weight is 275 g/mol. The highest BCUT2D eigenvalue weighted by atomic mass is 127. The van der Waals surface area contributed by atoms with Crippen molar-refractivity contribution in [3.8, 4) is 0 Å². The van der Waals surface area contributed by atoms with Gasteiger partial charge in [0.1, 0.15) is 0 Å². The molecule has 1 aromatic carbocycles. The van der Waals surface area contributed by atoms with Gasteiger partial charge < -0.3 is 5.32 Å². The predicted octanol–water partition coefficient (Wildman–Crippen LogP) is 2.45. The second-order valence-corrected chi connectivity index (χ2v) is 6.86. The Labute approximate surface area is 80.2 Å². The fourth-order valence-electron chi connectivity index (χ4n) is 1.02. The van der Waals surface area contributed by atoms with Crippen molar-refractivity contribution in [3.63, 3.8) is 0 Å². The Morgan fingerprint density at radius 1 is 1.42 bits per heavy atom. The third-order valence-corrected chi connectivity index (χ3v) is 3.27. The Bertz CT molecular complexity index is 335. The molecule has 0 aromatic heterocycles. The van der Waals surface area contributed by atoms with E-state index in [0.29, 0.717) is 0 Å². The number of benzene rings is 1. The van der Waals surface area contributed by atoms with Gasteiger partial charge in [0.15, 0.2) is 0 Å². The van der Waals surface area contributed by atoms with E-state index in [-0.39, 0.29) is 0 Å². The summed E-state index contributed by atoms with van der Waals surface area (Å²) in [4.78, 5) is 2.23. The van der Waals surface area contributed by atoms with Gasteiger partial charge >= 0.3 is 0 Å². The smallest absolute Gasteiger partial charge is 0.0415 e. The number of hydrogen-bond donors (Lipinski definition) is 1. The van der Waals surface area contributed by atoms with E-state index in [1.807, 2.05) is 13.1 Å². The van der Waals surface area contributed by atoms with Gasteiger partial charge in [-0.25, -0.2) is 0 Å². The minimum absolute atomic E-state index is 1.01. The summed E-state index contributed by atoms with van der Waals surface area (Å²) in [6.07, 6.45) is 0. The Morgan fingerprint density at radius 3 is 2.67 bits per heavy atom. The molecule has 1 nitrogen and oxygen atoms in total. The normalized spacial score (nSPS) is 12.8. The second-order valence-electron chi connectivity index (χ2n) is 2.59. The highest BCUT2D eigenvalue weighted by Gasteiger charge is 1.92. The lowest BCUT2D eigenvalue weighted by Crippen LogP contribution is -1.92. The molecule has 2 heteroatoms. The maximum Gasteiger partial charge on any atom is 0.0415 e. The van der Waals surface area contributed by atoms with E-state index < -0.39 is 18.9 Å². The summed E-state index contributed by atoms with van der Waals surface area (Å²) in [5.74, 6) is 0. The number of alkyl halides is 1. The van der Waals surface area contributed by atoms with Crippen LogP contribution in [0, 0.1) is 0 Å². The molecule has 0 spiro atoms. The van der Waals surface area contributed by atoms with E-state index in [1.165, 1.54) is 11.3 Å². The van der Waals surface area contributed by atoms with E-state index in [4.69, 9.17) is 0 Å². The molecule has 0 heterocycles. The molecule has 0 radical (unpaired) electrons. The summed E-state index contributed by atoms with van der Waals surface area (Å²) in [5.41, 5.74) is 2.49. The van der Waals surface area contributed by atoms with E-state index in [9.17, 15) is 0 Å². The maximum atomic E-state index is 4.08. The molecule has 12 heavy (non-hydrogen) atoms. The molecule has 0 amide bonds. The standard InChI is InChI=1S/C10H14IN/c1-11(2)8-9-6-4-5-7-10(9)12-3/h4-8,12H,1H2,2-3H3. The number of anilines is 1. The highest BCUT2D eigenvalue weighted by Crippen LogP contribution is 2.14. The molecule has 1 aromatic rings. The molecule has 66 valence electrons. The SMILES string of the molecule is C=I(C)=Cc1ccccc1NC. The third kappa shape index (κ3) is 2.52. The van der Waals surface area contributed by atoms with Crippen LogP contribution in [0.1, 0.15) is 5.56 Å². The maximum absolute atomic E-state index is 4.08. The Kier molecular flexibility index (Phi) is 3.59. The van der Waals surface area contributed by atoms with Crippen LogP contribution >= 0.6 is 18.9 Å². The van der Waals surface area contributed by atoms with E-state index in [0.717, 1.165) is 0 Å². The van der Waals surface area contributed by atoms with Crippen LogP contribution in [0.5, 0.6) is 0 Å². The molecule has 0 aliphatic rings. The van der Waals surface area contributed by atoms with Crippen LogP contribution < -0.4 is 5.32 Å². The van der Waals surface area contributed by atoms with E-state index >= 15 is 0 Å². The van der Waals surface area contributed by atoms with Crippen molar-refractivity contribution >= 4 is 33.1 Å². The first-order valence-electron chi connectivity index (χ1n) is 3.73. The van der Waals surface area contributed by atoms with Gasteiger partial charge in [-0.3, -0.25) is 0 Å². The van der Waals surface area contributed by atoms with Crippen molar-refractivity contribution in [1.82, 2.24) is 0 Å². The largest absolute Gasteiger partial charge is 0.388 e. The molecule has 0 aliphatic heterocycles. The van der Waals surface area contributed by atoms with Gasteiger partial charge in [-0.05, 0) is 15.0 Å². The number of para-hydroxylation sites is 1. The van der Waals surface area contributed by atoms with E-state index in [2.05, 4.69) is 37.0 Å². The lowest BCUT2D eigenvalue weighted by atomic mass is 10.2. The second kappa shape index (κ2) is 4.50. The van der Waals surface area contributed by atoms with Crippen LogP contribution in [-0.4, -0.2) is 20.5 Å². The van der Waals surface area contributed by atoms with Gasteiger partial charge in [0, 0.05) is 18.3 Å². The zero-order valence-electron chi connectivity index (χ0n) is 7.47. The Morgan fingerprint density at radius 2 is 2.08 bits per heavy atom. The fraction of sp³-hybridized carbons (Fsp3) is 0.200. The summed E-state index contributed by atoms with van der Waals surface area (Å²) in [5, 5.41) is 3.17. The van der Waals surface area contributed by atoms with Crippen LogP contribution in [0.2, 0.25) is 0 Å². The molecule has 1 rings (SSSR count). The Hall–Kier alpha value is -0.510. The molecule has 0 bridgehead atoms. The number of halogens is 1. The van der Waals surface area contributed by atoms with Gasteiger partial charge in [-0.1, -0.05) is 22.7 Å². The molecular weight excluding hydrogens is 261 g/mol. The fourth-order valence-corrected chi connectivity index (χ4v) is 2.71. The van der Waals surface area contributed by atoms with Gasteiger partial charge in [0.05, 0.1) is 0 Å². The Balaban J connectivity index is 3.14. The van der Waals surface area contributed by atoms with Gasteiger partial charge in [-0.15, -0.1) is 0 Å². The quantitative estimate of drug-likeness (QED) is 0.645. The van der Waals surface area contributed by atoms with Crippen LogP contribution in [-0.2, 0) is 0 Å². The zero-order chi connectivity index (χ0) is 8.97. The first kappa shape index (κ1) is 9.58. The first-order chi connectivity index (χ1) is 5.74. The lowest BCUT2D eigenvalue weighted by Gasteiger charge is -2.03. The molecule has 0 fully saturated rings. The number of nitrogens with one attached hydrogen (secondary N) is 1. The monoisotopic (exact) mass is 275 g/mol. The predicted molar refractivity (Wildman–Crippen MR) is 68.2 cm³/mol. The van der Waals surface area contributed by atoms with Crippen LogP contribution in [0.3, 0.4) is 0 Å². The van der Waals surface area contributed by atoms with Gasteiger partial charge in [-0.2, -0.15) is 18.9 Å². The van der Waals surface area contributed by atoms with Crippen molar-refractivity contribution in [1.29, 1.82) is 0 Å². The number of hydrogen-bond acceptors (Lipinski definition) is 1. The molecule has 0 atom stereocenters. The van der Waals surface area contributed by atoms with Gasteiger partial charge in [0.2, 0.25) is 0 Å². The van der Waals surface area contributed by atoms with Crippen molar-refractivity contribution in [2.75, 3.05) is 17.3 Å². The summed E-state index contributed by atoms with van der Waals surface area (Å²) < 4.78 is 6.38. The topological polar surface area (TPSA) is 12.0 Å². The molecule has 1 N–H and O–H groups in total. The molecule has 0 saturated heterocycles. The van der Waals surface area contributed by atoms with E-state index in [1.54, 1.807) is 0 Å².